The summed E-state index contributed by atoms with van der Waals surface area (Å²) in [4.78, 5) is 0. The van der Waals surface area contributed by atoms with Gasteiger partial charge in [0.05, 0.1) is 11.7 Å². The molecule has 2 heteroatoms. The summed E-state index contributed by atoms with van der Waals surface area (Å²) in [6.07, 6.45) is 17.0. The number of hydrogen-bond acceptors (Lipinski definition) is 2. The van der Waals surface area contributed by atoms with E-state index in [0.717, 1.165) is 18.5 Å². The lowest BCUT2D eigenvalue weighted by Gasteiger charge is -2.30. The van der Waals surface area contributed by atoms with Crippen LogP contribution in [0.15, 0.2) is 0 Å². The third-order valence-corrected chi connectivity index (χ3v) is 6.03. The summed E-state index contributed by atoms with van der Waals surface area (Å²) in [5.74, 6) is 1.02. The van der Waals surface area contributed by atoms with Crippen molar-refractivity contribution in [1.82, 2.24) is 5.32 Å². The van der Waals surface area contributed by atoms with Gasteiger partial charge < -0.3 is 10.1 Å². The molecule has 0 radical (unpaired) electrons. The minimum atomic E-state index is 0.311. The van der Waals surface area contributed by atoms with E-state index in [1.165, 1.54) is 77.0 Å². The maximum atomic E-state index is 6.40. The fourth-order valence-electron chi connectivity index (χ4n) is 4.79. The molecule has 1 aliphatic heterocycles. The first-order chi connectivity index (χ1) is 9.80. The van der Waals surface area contributed by atoms with Crippen molar-refractivity contribution in [3.05, 3.63) is 0 Å². The van der Waals surface area contributed by atoms with Crippen LogP contribution in [0.4, 0.5) is 0 Å². The predicted octanol–water partition coefficient (Wildman–Crippen LogP) is 4.43. The zero-order valence-corrected chi connectivity index (χ0v) is 13.3. The fraction of sp³-hybridized carbons (Fsp3) is 1.00. The average molecular weight is 279 g/mol. The molecule has 0 amide bonds. The van der Waals surface area contributed by atoms with E-state index in [1.807, 2.05) is 0 Å². The molecule has 1 spiro atoms. The maximum Gasteiger partial charge on any atom is 0.0708 e. The van der Waals surface area contributed by atoms with Crippen molar-refractivity contribution in [2.45, 2.75) is 102 Å². The molecule has 3 fully saturated rings. The Labute approximate surface area is 125 Å². The van der Waals surface area contributed by atoms with E-state index >= 15 is 0 Å². The largest absolute Gasteiger partial charge is 0.370 e. The molecular weight excluding hydrogens is 246 g/mol. The predicted molar refractivity (Wildman–Crippen MR) is 84.0 cm³/mol. The highest BCUT2D eigenvalue weighted by molar-refractivity contribution is 4.93. The molecule has 2 nitrogen and oxygen atoms in total. The van der Waals surface area contributed by atoms with Gasteiger partial charge in [-0.05, 0) is 57.3 Å². The molecule has 2 saturated carbocycles. The van der Waals surface area contributed by atoms with Crippen LogP contribution >= 0.6 is 0 Å². The van der Waals surface area contributed by atoms with Crippen molar-refractivity contribution in [3.63, 3.8) is 0 Å². The summed E-state index contributed by atoms with van der Waals surface area (Å²) < 4.78 is 6.40. The lowest BCUT2D eigenvalue weighted by atomic mass is 9.83. The molecule has 0 aromatic heterocycles. The van der Waals surface area contributed by atoms with Gasteiger partial charge in [-0.15, -0.1) is 0 Å². The van der Waals surface area contributed by atoms with Crippen LogP contribution in [0.3, 0.4) is 0 Å². The van der Waals surface area contributed by atoms with Crippen molar-refractivity contribution in [2.24, 2.45) is 5.92 Å². The van der Waals surface area contributed by atoms with Crippen LogP contribution in [0.5, 0.6) is 0 Å². The molecule has 116 valence electrons. The van der Waals surface area contributed by atoms with E-state index in [0.29, 0.717) is 11.7 Å². The SMILES string of the molecule is CCCC1CCC(NCC2CCC3(CCCC3)O2)CC1. The van der Waals surface area contributed by atoms with Gasteiger partial charge in [0.2, 0.25) is 0 Å². The summed E-state index contributed by atoms with van der Waals surface area (Å²) >= 11 is 0. The molecule has 1 saturated heterocycles. The van der Waals surface area contributed by atoms with Gasteiger partial charge in [0.25, 0.3) is 0 Å². The van der Waals surface area contributed by atoms with Gasteiger partial charge >= 0.3 is 0 Å². The van der Waals surface area contributed by atoms with Crippen LogP contribution in [0.25, 0.3) is 0 Å². The second-order valence-electron chi connectivity index (χ2n) is 7.58. The van der Waals surface area contributed by atoms with Crippen molar-refractivity contribution in [1.29, 1.82) is 0 Å². The highest BCUT2D eigenvalue weighted by Gasteiger charge is 2.42. The fourth-order valence-corrected chi connectivity index (χ4v) is 4.79. The first-order valence-electron chi connectivity index (χ1n) is 9.21. The smallest absolute Gasteiger partial charge is 0.0708 e. The normalized spacial score (nSPS) is 36.8. The van der Waals surface area contributed by atoms with Crippen LogP contribution < -0.4 is 5.32 Å². The molecule has 1 heterocycles. The Morgan fingerprint density at radius 1 is 1.00 bits per heavy atom. The minimum absolute atomic E-state index is 0.311. The van der Waals surface area contributed by atoms with Crippen LogP contribution in [-0.2, 0) is 4.74 Å². The van der Waals surface area contributed by atoms with Crippen molar-refractivity contribution in [3.8, 4) is 0 Å². The molecule has 0 aromatic carbocycles. The number of nitrogens with one attached hydrogen (secondary N) is 1. The molecule has 1 N–H and O–H groups in total. The van der Waals surface area contributed by atoms with E-state index < -0.39 is 0 Å². The Balaban J connectivity index is 1.34. The standard InChI is InChI=1S/C18H33NO/c1-2-5-15-6-8-16(9-7-15)19-14-17-10-13-18(20-17)11-3-4-12-18/h15-17,19H,2-14H2,1H3. The summed E-state index contributed by atoms with van der Waals surface area (Å²) in [5.41, 5.74) is 0.311. The van der Waals surface area contributed by atoms with Crippen molar-refractivity contribution in [2.75, 3.05) is 6.54 Å². The molecule has 3 aliphatic rings. The summed E-state index contributed by atoms with van der Waals surface area (Å²) in [6.45, 7) is 3.42. The van der Waals surface area contributed by atoms with Crippen molar-refractivity contribution < 1.29 is 4.74 Å². The van der Waals surface area contributed by atoms with Gasteiger partial charge in [-0.1, -0.05) is 32.6 Å². The lowest BCUT2D eigenvalue weighted by Crippen LogP contribution is -2.39. The van der Waals surface area contributed by atoms with Crippen molar-refractivity contribution >= 4 is 0 Å². The van der Waals surface area contributed by atoms with Crippen LogP contribution in [0.2, 0.25) is 0 Å². The third-order valence-electron chi connectivity index (χ3n) is 6.03. The second kappa shape index (κ2) is 6.79. The second-order valence-corrected chi connectivity index (χ2v) is 7.58. The minimum Gasteiger partial charge on any atom is -0.370 e. The van der Waals surface area contributed by atoms with Gasteiger partial charge in [0, 0.05) is 12.6 Å². The van der Waals surface area contributed by atoms with E-state index in [1.54, 1.807) is 0 Å². The quantitative estimate of drug-likeness (QED) is 0.804. The monoisotopic (exact) mass is 279 g/mol. The highest BCUT2D eigenvalue weighted by Crippen LogP contribution is 2.43. The maximum absolute atomic E-state index is 6.40. The molecule has 2 aliphatic carbocycles. The lowest BCUT2D eigenvalue weighted by molar-refractivity contribution is -0.0363. The molecule has 20 heavy (non-hydrogen) atoms. The number of hydrogen-bond donors (Lipinski definition) is 1. The van der Waals surface area contributed by atoms with E-state index in [-0.39, 0.29) is 0 Å². The Morgan fingerprint density at radius 2 is 1.75 bits per heavy atom. The molecule has 0 aromatic rings. The molecular formula is C18H33NO. The third kappa shape index (κ3) is 3.57. The van der Waals surface area contributed by atoms with Gasteiger partial charge in [-0.2, -0.15) is 0 Å². The van der Waals surface area contributed by atoms with E-state index in [9.17, 15) is 0 Å². The van der Waals surface area contributed by atoms with Gasteiger partial charge in [-0.25, -0.2) is 0 Å². The Hall–Kier alpha value is -0.0800. The summed E-state index contributed by atoms with van der Waals surface area (Å²) in [6, 6.07) is 0.770. The average Bonchev–Trinajstić information content (AvgIpc) is 3.09. The summed E-state index contributed by atoms with van der Waals surface area (Å²) in [7, 11) is 0. The van der Waals surface area contributed by atoms with Gasteiger partial charge in [0.15, 0.2) is 0 Å². The molecule has 1 atom stereocenters. The summed E-state index contributed by atoms with van der Waals surface area (Å²) in [5, 5.41) is 3.81. The first-order valence-corrected chi connectivity index (χ1v) is 9.21. The molecule has 3 rings (SSSR count). The Kier molecular flexibility index (Phi) is 5.04. The van der Waals surface area contributed by atoms with Crippen LogP contribution in [0, 0.1) is 5.92 Å². The van der Waals surface area contributed by atoms with E-state index in [2.05, 4.69) is 12.2 Å². The number of ether oxygens (including phenoxy) is 1. The number of rotatable bonds is 5. The highest BCUT2D eigenvalue weighted by atomic mass is 16.5. The van der Waals surface area contributed by atoms with Crippen LogP contribution in [-0.4, -0.2) is 24.3 Å². The first kappa shape index (κ1) is 14.8. The van der Waals surface area contributed by atoms with E-state index in [4.69, 9.17) is 4.74 Å². The Bertz CT molecular complexity index is 290. The van der Waals surface area contributed by atoms with Crippen LogP contribution in [0.1, 0.15) is 84.0 Å². The Morgan fingerprint density at radius 3 is 2.45 bits per heavy atom. The zero-order valence-electron chi connectivity index (χ0n) is 13.3. The topological polar surface area (TPSA) is 21.3 Å². The van der Waals surface area contributed by atoms with Gasteiger partial charge in [0.1, 0.15) is 0 Å². The van der Waals surface area contributed by atoms with Gasteiger partial charge in [-0.3, -0.25) is 0 Å². The molecule has 1 unspecified atom stereocenters. The molecule has 0 bridgehead atoms. The zero-order chi connectivity index (χ0) is 13.8.